The number of hydrogen-bond donors (Lipinski definition) is 0. The van der Waals surface area contributed by atoms with Crippen molar-refractivity contribution in [2.24, 2.45) is 0 Å². The quantitative estimate of drug-likeness (QED) is 0.729. The number of rotatable bonds is 3. The first-order valence-electron chi connectivity index (χ1n) is 4.63. The maximum atomic E-state index is 10.9. The summed E-state index contributed by atoms with van der Waals surface area (Å²) >= 11 is 0. The van der Waals surface area contributed by atoms with Crippen LogP contribution in [0, 0.1) is 11.3 Å². The molecule has 0 amide bonds. The van der Waals surface area contributed by atoms with Crippen LogP contribution in [0.3, 0.4) is 0 Å². The second-order valence-electron chi connectivity index (χ2n) is 3.54. The summed E-state index contributed by atoms with van der Waals surface area (Å²) in [5.41, 5.74) is 1.77. The second kappa shape index (κ2) is 4.57. The van der Waals surface area contributed by atoms with Gasteiger partial charge in [0, 0.05) is 6.42 Å². The lowest BCUT2D eigenvalue weighted by Crippen LogP contribution is -2.00. The minimum Gasteiger partial charge on any atom is -0.300 e. The molecule has 0 saturated carbocycles. The van der Waals surface area contributed by atoms with Crippen LogP contribution in [0.5, 0.6) is 0 Å². The average molecular weight is 187 g/mol. The Hall–Kier alpha value is -1.62. The monoisotopic (exact) mass is 187 g/mol. The predicted octanol–water partition coefficient (Wildman–Crippen LogP) is 2.64. The van der Waals surface area contributed by atoms with E-state index in [-0.39, 0.29) is 11.7 Å². The third-order valence-corrected chi connectivity index (χ3v) is 2.20. The molecule has 0 radical (unpaired) electrons. The van der Waals surface area contributed by atoms with Crippen molar-refractivity contribution >= 4 is 5.78 Å². The molecule has 0 aliphatic carbocycles. The highest BCUT2D eigenvalue weighted by molar-refractivity contribution is 5.76. The molecule has 1 aromatic rings. The smallest absolute Gasteiger partial charge is 0.130 e. The van der Waals surface area contributed by atoms with Crippen LogP contribution in [-0.4, -0.2) is 5.78 Å². The first kappa shape index (κ1) is 10.5. The molecule has 0 fully saturated rings. The van der Waals surface area contributed by atoms with Crippen LogP contribution in [0.4, 0.5) is 0 Å². The Kier molecular flexibility index (Phi) is 3.41. The van der Waals surface area contributed by atoms with Crippen molar-refractivity contribution in [2.75, 3.05) is 0 Å². The molecule has 0 spiro atoms. The van der Waals surface area contributed by atoms with Crippen molar-refractivity contribution < 1.29 is 4.79 Å². The Morgan fingerprint density at radius 1 is 1.43 bits per heavy atom. The Morgan fingerprint density at radius 2 is 2.00 bits per heavy atom. The van der Waals surface area contributed by atoms with Gasteiger partial charge in [0.2, 0.25) is 0 Å². The molecule has 14 heavy (non-hydrogen) atoms. The van der Waals surface area contributed by atoms with E-state index in [9.17, 15) is 4.79 Å². The zero-order valence-electron chi connectivity index (χ0n) is 8.45. The molecule has 0 aliphatic rings. The normalized spacial score (nSPS) is 11.8. The van der Waals surface area contributed by atoms with Gasteiger partial charge in [-0.25, -0.2) is 0 Å². The van der Waals surface area contributed by atoms with Crippen LogP contribution in [-0.2, 0) is 4.79 Å². The molecule has 0 unspecified atom stereocenters. The highest BCUT2D eigenvalue weighted by atomic mass is 16.1. The van der Waals surface area contributed by atoms with Crippen LogP contribution >= 0.6 is 0 Å². The van der Waals surface area contributed by atoms with E-state index in [0.29, 0.717) is 12.0 Å². The number of benzene rings is 1. The maximum Gasteiger partial charge on any atom is 0.130 e. The second-order valence-corrected chi connectivity index (χ2v) is 3.54. The topological polar surface area (TPSA) is 40.9 Å². The molecule has 1 rings (SSSR count). The minimum atomic E-state index is 0.196. The lowest BCUT2D eigenvalue weighted by Gasteiger charge is -2.09. The summed E-state index contributed by atoms with van der Waals surface area (Å²) in [4.78, 5) is 10.9. The fraction of sp³-hybridized carbons (Fsp3) is 0.333. The van der Waals surface area contributed by atoms with Crippen molar-refractivity contribution in [3.63, 3.8) is 0 Å². The van der Waals surface area contributed by atoms with Gasteiger partial charge in [-0.3, -0.25) is 0 Å². The molecule has 1 aromatic carbocycles. The van der Waals surface area contributed by atoms with E-state index < -0.39 is 0 Å². The largest absolute Gasteiger partial charge is 0.300 e. The van der Waals surface area contributed by atoms with Crippen molar-refractivity contribution in [3.8, 4) is 6.07 Å². The fourth-order valence-electron chi connectivity index (χ4n) is 1.44. The van der Waals surface area contributed by atoms with Crippen LogP contribution in [0.2, 0.25) is 0 Å². The molecular formula is C12H13NO. The fourth-order valence-corrected chi connectivity index (χ4v) is 1.44. The molecule has 0 aromatic heterocycles. The summed E-state index contributed by atoms with van der Waals surface area (Å²) in [6.07, 6.45) is 0.561. The summed E-state index contributed by atoms with van der Waals surface area (Å²) in [6.45, 7) is 3.61. The Labute approximate surface area is 84.2 Å². The SMILES string of the molecule is CC(=O)C[C@H](C)c1ccc(C#N)cc1. The van der Waals surface area contributed by atoms with E-state index in [4.69, 9.17) is 5.26 Å². The number of carbonyl (C=O) groups is 1. The van der Waals surface area contributed by atoms with Gasteiger partial charge in [-0.05, 0) is 30.5 Å². The molecule has 0 saturated heterocycles. The van der Waals surface area contributed by atoms with Gasteiger partial charge in [-0.1, -0.05) is 19.1 Å². The molecule has 0 heterocycles. The van der Waals surface area contributed by atoms with Gasteiger partial charge < -0.3 is 4.79 Å². The van der Waals surface area contributed by atoms with E-state index in [1.165, 1.54) is 0 Å². The molecule has 72 valence electrons. The first-order chi connectivity index (χ1) is 6.63. The van der Waals surface area contributed by atoms with Crippen LogP contribution in [0.25, 0.3) is 0 Å². The molecule has 2 nitrogen and oxygen atoms in total. The van der Waals surface area contributed by atoms with Gasteiger partial charge in [0.05, 0.1) is 11.6 Å². The zero-order valence-corrected chi connectivity index (χ0v) is 8.45. The van der Waals surface area contributed by atoms with Gasteiger partial charge >= 0.3 is 0 Å². The van der Waals surface area contributed by atoms with E-state index >= 15 is 0 Å². The maximum absolute atomic E-state index is 10.9. The number of nitrogens with zero attached hydrogens (tertiary/aromatic N) is 1. The summed E-state index contributed by atoms with van der Waals surface area (Å²) in [6, 6.07) is 9.45. The Balaban J connectivity index is 2.77. The molecule has 1 atom stereocenters. The predicted molar refractivity (Wildman–Crippen MR) is 54.9 cm³/mol. The van der Waals surface area contributed by atoms with Gasteiger partial charge in [0.15, 0.2) is 0 Å². The van der Waals surface area contributed by atoms with E-state index in [1.54, 1.807) is 19.1 Å². The van der Waals surface area contributed by atoms with Crippen LogP contribution < -0.4 is 0 Å². The summed E-state index contributed by atoms with van der Waals surface area (Å²) < 4.78 is 0. The lowest BCUT2D eigenvalue weighted by atomic mass is 9.95. The number of Topliss-reactive ketones (excluding diaryl/α,β-unsaturated/α-hetero) is 1. The average Bonchev–Trinajstić information content (AvgIpc) is 2.17. The summed E-state index contributed by atoms with van der Waals surface area (Å²) in [7, 11) is 0. The Morgan fingerprint density at radius 3 is 2.43 bits per heavy atom. The van der Waals surface area contributed by atoms with Gasteiger partial charge in [0.1, 0.15) is 5.78 Å². The van der Waals surface area contributed by atoms with Crippen LogP contribution in [0.15, 0.2) is 24.3 Å². The van der Waals surface area contributed by atoms with Gasteiger partial charge in [0.25, 0.3) is 0 Å². The van der Waals surface area contributed by atoms with E-state index in [1.807, 2.05) is 19.1 Å². The Bertz CT molecular complexity index is 359. The number of carbonyl (C=O) groups excluding carboxylic acids is 1. The highest BCUT2D eigenvalue weighted by Crippen LogP contribution is 2.19. The minimum absolute atomic E-state index is 0.196. The van der Waals surface area contributed by atoms with Gasteiger partial charge in [-0.15, -0.1) is 0 Å². The first-order valence-corrected chi connectivity index (χ1v) is 4.63. The van der Waals surface area contributed by atoms with E-state index in [2.05, 4.69) is 6.07 Å². The number of ketones is 1. The van der Waals surface area contributed by atoms with Crippen molar-refractivity contribution in [1.82, 2.24) is 0 Å². The molecule has 0 N–H and O–H groups in total. The summed E-state index contributed by atoms with van der Waals surface area (Å²) in [5, 5.41) is 8.61. The number of nitriles is 1. The molecule has 2 heteroatoms. The van der Waals surface area contributed by atoms with Gasteiger partial charge in [-0.2, -0.15) is 5.26 Å². The molecule has 0 bridgehead atoms. The van der Waals surface area contributed by atoms with Crippen LogP contribution in [0.1, 0.15) is 37.3 Å². The highest BCUT2D eigenvalue weighted by Gasteiger charge is 2.07. The summed E-state index contributed by atoms with van der Waals surface area (Å²) in [5.74, 6) is 0.433. The molecule has 0 aliphatic heterocycles. The van der Waals surface area contributed by atoms with E-state index in [0.717, 1.165) is 5.56 Å². The van der Waals surface area contributed by atoms with Crippen molar-refractivity contribution in [2.45, 2.75) is 26.2 Å². The van der Waals surface area contributed by atoms with Crippen molar-refractivity contribution in [1.29, 1.82) is 5.26 Å². The third-order valence-electron chi connectivity index (χ3n) is 2.20. The third kappa shape index (κ3) is 2.70. The molecular weight excluding hydrogens is 174 g/mol. The van der Waals surface area contributed by atoms with Crippen molar-refractivity contribution in [3.05, 3.63) is 35.4 Å². The zero-order chi connectivity index (χ0) is 10.6. The number of hydrogen-bond acceptors (Lipinski definition) is 2. The lowest BCUT2D eigenvalue weighted by molar-refractivity contribution is -0.117. The standard InChI is InChI=1S/C12H13NO/c1-9(7-10(2)14)12-5-3-11(8-13)4-6-12/h3-6,9H,7H2,1-2H3/t9-/m0/s1.